The van der Waals surface area contributed by atoms with Crippen LogP contribution in [0.1, 0.15) is 17.5 Å². The number of benzene rings is 2. The summed E-state index contributed by atoms with van der Waals surface area (Å²) < 4.78 is 43.4. The Labute approximate surface area is 186 Å². The Morgan fingerprint density at radius 2 is 1.62 bits per heavy atom. The third-order valence-electron chi connectivity index (χ3n) is 4.57. The van der Waals surface area contributed by atoms with E-state index in [0.717, 1.165) is 11.1 Å². The molecule has 0 aromatic heterocycles. The number of rotatable bonds is 8. The van der Waals surface area contributed by atoms with Gasteiger partial charge >= 0.3 is 0 Å². The Morgan fingerprint density at radius 1 is 0.969 bits per heavy atom. The zero-order valence-electron chi connectivity index (χ0n) is 17.8. The van der Waals surface area contributed by atoms with Crippen LogP contribution in [-0.4, -0.2) is 46.6 Å². The molecule has 2 aromatic rings. The largest absolute Gasteiger partial charge is 0.486 e. The van der Waals surface area contributed by atoms with Gasteiger partial charge in [-0.3, -0.25) is 20.4 Å². The van der Waals surface area contributed by atoms with Gasteiger partial charge in [0.15, 0.2) is 18.1 Å². The van der Waals surface area contributed by atoms with Gasteiger partial charge in [0.1, 0.15) is 19.0 Å². The van der Waals surface area contributed by atoms with Crippen molar-refractivity contribution in [2.75, 3.05) is 26.4 Å². The Morgan fingerprint density at radius 3 is 2.34 bits per heavy atom. The molecule has 0 spiro atoms. The van der Waals surface area contributed by atoms with Crippen LogP contribution in [0.25, 0.3) is 0 Å². The van der Waals surface area contributed by atoms with Gasteiger partial charge < -0.3 is 14.2 Å². The minimum absolute atomic E-state index is 0.000825. The summed E-state index contributed by atoms with van der Waals surface area (Å²) in [4.78, 5) is 23.8. The fraction of sp³-hybridized carbons (Fsp3) is 0.333. The lowest BCUT2D eigenvalue weighted by Gasteiger charge is -2.18. The van der Waals surface area contributed by atoms with Crippen LogP contribution in [0.2, 0.25) is 0 Å². The average molecular weight is 464 g/mol. The van der Waals surface area contributed by atoms with Crippen LogP contribution in [0, 0.1) is 13.8 Å². The standard InChI is InChI=1S/C21H25N3O7S/c1-14-4-3-5-15(2)21(14)31-13-20(26)24-23-19(25)8-9-22-32(27,28)16-6-7-17-18(12-16)30-11-10-29-17/h3-7,12,22H,8-11,13H2,1-2H3,(H,23,25)(H,24,26). The van der Waals surface area contributed by atoms with Crippen molar-refractivity contribution in [1.29, 1.82) is 0 Å². The maximum absolute atomic E-state index is 12.4. The lowest BCUT2D eigenvalue weighted by Crippen LogP contribution is -2.44. The first-order valence-corrected chi connectivity index (χ1v) is 11.4. The molecule has 3 rings (SSSR count). The van der Waals surface area contributed by atoms with Crippen molar-refractivity contribution in [3.05, 3.63) is 47.5 Å². The van der Waals surface area contributed by atoms with Crippen molar-refractivity contribution >= 4 is 21.8 Å². The van der Waals surface area contributed by atoms with Crippen molar-refractivity contribution < 1.29 is 32.2 Å². The van der Waals surface area contributed by atoms with Gasteiger partial charge in [-0.15, -0.1) is 0 Å². The number of hydrazine groups is 1. The predicted octanol–water partition coefficient (Wildman–Crippen LogP) is 0.969. The van der Waals surface area contributed by atoms with E-state index in [1.807, 2.05) is 32.0 Å². The maximum Gasteiger partial charge on any atom is 0.276 e. The van der Waals surface area contributed by atoms with Crippen molar-refractivity contribution in [3.63, 3.8) is 0 Å². The van der Waals surface area contributed by atoms with E-state index in [9.17, 15) is 18.0 Å². The van der Waals surface area contributed by atoms with Crippen LogP contribution in [0.3, 0.4) is 0 Å². The molecule has 1 heterocycles. The van der Waals surface area contributed by atoms with E-state index in [1.54, 1.807) is 0 Å². The summed E-state index contributed by atoms with van der Waals surface area (Å²) in [6.45, 7) is 4.05. The third-order valence-corrected chi connectivity index (χ3v) is 6.02. The highest BCUT2D eigenvalue weighted by molar-refractivity contribution is 7.89. The first-order chi connectivity index (χ1) is 15.3. The fourth-order valence-corrected chi connectivity index (χ4v) is 4.02. The molecule has 3 N–H and O–H groups in total. The summed E-state index contributed by atoms with van der Waals surface area (Å²) in [6, 6.07) is 9.91. The van der Waals surface area contributed by atoms with Crippen LogP contribution in [0.15, 0.2) is 41.3 Å². The second-order valence-corrected chi connectivity index (χ2v) is 8.83. The highest BCUT2D eigenvalue weighted by Crippen LogP contribution is 2.32. The molecule has 0 radical (unpaired) electrons. The second-order valence-electron chi connectivity index (χ2n) is 7.06. The number of sulfonamides is 1. The summed E-state index contributed by atoms with van der Waals surface area (Å²) in [5.74, 6) is 0.338. The zero-order chi connectivity index (χ0) is 23.1. The average Bonchev–Trinajstić information content (AvgIpc) is 2.77. The van der Waals surface area contributed by atoms with Gasteiger partial charge in [-0.05, 0) is 37.1 Å². The van der Waals surface area contributed by atoms with Gasteiger partial charge in [0.25, 0.3) is 5.91 Å². The van der Waals surface area contributed by atoms with E-state index >= 15 is 0 Å². The number of nitrogens with one attached hydrogen (secondary N) is 3. The van der Waals surface area contributed by atoms with Crippen LogP contribution < -0.4 is 29.8 Å². The Bertz CT molecular complexity index is 1080. The number of carbonyl (C=O) groups excluding carboxylic acids is 2. The summed E-state index contributed by atoms with van der Waals surface area (Å²) in [6.07, 6.45) is -0.179. The number of aryl methyl sites for hydroxylation is 2. The van der Waals surface area contributed by atoms with Gasteiger partial charge in [-0.1, -0.05) is 18.2 Å². The number of hydrogen-bond acceptors (Lipinski definition) is 7. The topological polar surface area (TPSA) is 132 Å². The first kappa shape index (κ1) is 23.4. The van der Waals surface area contributed by atoms with Gasteiger partial charge in [0.05, 0.1) is 4.90 Å². The smallest absolute Gasteiger partial charge is 0.276 e. The predicted molar refractivity (Wildman–Crippen MR) is 115 cm³/mol. The lowest BCUT2D eigenvalue weighted by molar-refractivity contribution is -0.129. The third kappa shape index (κ3) is 6.11. The molecule has 1 aliphatic heterocycles. The maximum atomic E-state index is 12.4. The Hall–Kier alpha value is -3.31. The van der Waals surface area contributed by atoms with Crippen molar-refractivity contribution in [3.8, 4) is 17.2 Å². The van der Waals surface area contributed by atoms with Crippen molar-refractivity contribution in [2.45, 2.75) is 25.2 Å². The molecule has 2 aromatic carbocycles. The molecule has 0 bridgehead atoms. The minimum Gasteiger partial charge on any atom is -0.486 e. The van der Waals surface area contributed by atoms with E-state index in [0.29, 0.717) is 30.5 Å². The summed E-state index contributed by atoms with van der Waals surface area (Å²) >= 11 is 0. The highest BCUT2D eigenvalue weighted by Gasteiger charge is 2.19. The highest BCUT2D eigenvalue weighted by atomic mass is 32.2. The molecule has 0 atom stereocenters. The Balaban J connectivity index is 1.40. The van der Waals surface area contributed by atoms with Crippen molar-refractivity contribution in [1.82, 2.24) is 15.6 Å². The number of ether oxygens (including phenoxy) is 3. The van der Waals surface area contributed by atoms with Gasteiger partial charge in [-0.2, -0.15) is 0 Å². The van der Waals surface area contributed by atoms with Gasteiger partial charge in [0.2, 0.25) is 15.9 Å². The van der Waals surface area contributed by atoms with E-state index < -0.39 is 21.8 Å². The summed E-state index contributed by atoms with van der Waals surface area (Å²) in [5, 5.41) is 0. The van der Waals surface area contributed by atoms with Crippen LogP contribution in [0.5, 0.6) is 17.2 Å². The number of carbonyl (C=O) groups is 2. The quantitative estimate of drug-likeness (QED) is 0.497. The van der Waals surface area contributed by atoms with Crippen LogP contribution in [-0.2, 0) is 19.6 Å². The summed E-state index contributed by atoms with van der Waals surface area (Å²) in [5.41, 5.74) is 6.25. The molecular weight excluding hydrogens is 438 g/mol. The minimum atomic E-state index is -3.84. The molecule has 10 nitrogen and oxygen atoms in total. The normalized spacial score (nSPS) is 12.7. The van der Waals surface area contributed by atoms with Crippen LogP contribution >= 0.6 is 0 Å². The second kappa shape index (κ2) is 10.3. The van der Waals surface area contributed by atoms with E-state index in [4.69, 9.17) is 14.2 Å². The fourth-order valence-electron chi connectivity index (χ4n) is 2.98. The molecule has 2 amide bonds. The SMILES string of the molecule is Cc1cccc(C)c1OCC(=O)NNC(=O)CCNS(=O)(=O)c1ccc2c(c1)OCCO2. The first-order valence-electron chi connectivity index (χ1n) is 9.92. The molecule has 172 valence electrons. The lowest BCUT2D eigenvalue weighted by atomic mass is 10.1. The molecule has 32 heavy (non-hydrogen) atoms. The number of fused-ring (bicyclic) bond motifs is 1. The molecule has 0 unspecified atom stereocenters. The molecule has 0 saturated carbocycles. The van der Waals surface area contributed by atoms with E-state index in [2.05, 4.69) is 15.6 Å². The van der Waals surface area contributed by atoms with Crippen LogP contribution in [0.4, 0.5) is 0 Å². The van der Waals surface area contributed by atoms with E-state index in [-0.39, 0.29) is 24.5 Å². The van der Waals surface area contributed by atoms with Gasteiger partial charge in [0, 0.05) is 19.0 Å². The van der Waals surface area contributed by atoms with Crippen molar-refractivity contribution in [2.24, 2.45) is 0 Å². The molecule has 0 saturated heterocycles. The monoisotopic (exact) mass is 463 g/mol. The molecule has 0 aliphatic carbocycles. The number of amides is 2. The number of para-hydroxylation sites is 1. The number of hydrogen-bond donors (Lipinski definition) is 3. The Kier molecular flexibility index (Phi) is 7.54. The van der Waals surface area contributed by atoms with Gasteiger partial charge in [-0.25, -0.2) is 13.1 Å². The molecule has 1 aliphatic rings. The molecule has 11 heteroatoms. The molecular formula is C21H25N3O7S. The molecule has 0 fully saturated rings. The van der Waals surface area contributed by atoms with E-state index in [1.165, 1.54) is 18.2 Å². The zero-order valence-corrected chi connectivity index (χ0v) is 18.6. The summed E-state index contributed by atoms with van der Waals surface area (Å²) in [7, 11) is -3.84.